The smallest absolute Gasteiger partial charge is 0.328 e. The molecular formula is C14H16FNO5. The second-order valence-corrected chi connectivity index (χ2v) is 4.40. The molecule has 21 heavy (non-hydrogen) atoms. The molecule has 0 saturated heterocycles. The molecule has 1 amide bonds. The van der Waals surface area contributed by atoms with E-state index in [4.69, 9.17) is 5.11 Å². The highest BCUT2D eigenvalue weighted by Crippen LogP contribution is 2.21. The van der Waals surface area contributed by atoms with Crippen LogP contribution in [0.3, 0.4) is 0 Å². The molecule has 6 nitrogen and oxygen atoms in total. The molecule has 114 valence electrons. The van der Waals surface area contributed by atoms with Crippen LogP contribution in [0.1, 0.15) is 24.2 Å². The lowest BCUT2D eigenvalue weighted by atomic mass is 10.0. The fourth-order valence-corrected chi connectivity index (χ4v) is 1.62. The van der Waals surface area contributed by atoms with E-state index in [-0.39, 0.29) is 23.6 Å². The molecular weight excluding hydrogens is 281 g/mol. The first-order valence-corrected chi connectivity index (χ1v) is 6.12. The summed E-state index contributed by atoms with van der Waals surface area (Å²) in [7, 11) is 0. The van der Waals surface area contributed by atoms with Crippen molar-refractivity contribution in [2.45, 2.75) is 19.1 Å². The van der Waals surface area contributed by atoms with Crippen LogP contribution in [0.2, 0.25) is 0 Å². The lowest BCUT2D eigenvalue weighted by Crippen LogP contribution is -2.34. The summed E-state index contributed by atoms with van der Waals surface area (Å²) in [5.41, 5.74) is 0.181. The molecule has 0 heterocycles. The first-order valence-electron chi connectivity index (χ1n) is 6.12. The van der Waals surface area contributed by atoms with Crippen LogP contribution in [0.25, 0.3) is 6.08 Å². The van der Waals surface area contributed by atoms with E-state index in [9.17, 15) is 24.2 Å². The Bertz CT molecular complexity index is 558. The summed E-state index contributed by atoms with van der Waals surface area (Å²) in [6.07, 6.45) is -0.791. The van der Waals surface area contributed by atoms with Gasteiger partial charge in [-0.15, -0.1) is 0 Å². The molecule has 0 aromatic heterocycles. The van der Waals surface area contributed by atoms with E-state index in [1.54, 1.807) is 0 Å². The second-order valence-electron chi connectivity index (χ2n) is 4.40. The molecule has 1 aromatic carbocycles. The normalized spacial score (nSPS) is 13.9. The van der Waals surface area contributed by atoms with E-state index >= 15 is 0 Å². The highest BCUT2D eigenvalue weighted by Gasteiger charge is 2.19. The van der Waals surface area contributed by atoms with Crippen LogP contribution in [0.4, 0.5) is 4.39 Å². The Balaban J connectivity index is 2.89. The largest absolute Gasteiger partial charge is 0.478 e. The Kier molecular flexibility index (Phi) is 6.01. The molecule has 4 N–H and O–H groups in total. The predicted octanol–water partition coefficient (Wildman–Crippen LogP) is 0.454. The average molecular weight is 297 g/mol. The number of nitrogens with one attached hydrogen (secondary N) is 1. The molecule has 0 spiro atoms. The summed E-state index contributed by atoms with van der Waals surface area (Å²) in [6, 6.07) is 3.57. The first kappa shape index (κ1) is 16.8. The number of carboxylic acids is 1. The standard InChI is InChI=1S/C14H16FNO5/c1-8(17)16-7-12(18)14(21)10-2-4-11(15)9(6-10)3-5-13(19)20/h2-6,12,14,18,21H,7H2,1H3,(H,16,17)(H,19,20)/b5-3+. The van der Waals surface area contributed by atoms with Crippen molar-refractivity contribution in [1.29, 1.82) is 0 Å². The number of aliphatic carboxylic acids is 1. The summed E-state index contributed by atoms with van der Waals surface area (Å²) >= 11 is 0. The minimum absolute atomic E-state index is 0.0272. The van der Waals surface area contributed by atoms with E-state index < -0.39 is 24.0 Å². The van der Waals surface area contributed by atoms with Gasteiger partial charge in [0.25, 0.3) is 0 Å². The summed E-state index contributed by atoms with van der Waals surface area (Å²) in [5.74, 6) is -2.24. The molecule has 0 aliphatic carbocycles. The van der Waals surface area contributed by atoms with Crippen LogP contribution in [0.5, 0.6) is 0 Å². The monoisotopic (exact) mass is 297 g/mol. The minimum Gasteiger partial charge on any atom is -0.478 e. The van der Waals surface area contributed by atoms with E-state index in [0.717, 1.165) is 18.2 Å². The van der Waals surface area contributed by atoms with Crippen molar-refractivity contribution in [2.24, 2.45) is 0 Å². The fourth-order valence-electron chi connectivity index (χ4n) is 1.62. The third kappa shape index (κ3) is 5.33. The van der Waals surface area contributed by atoms with Crippen LogP contribution >= 0.6 is 0 Å². The highest BCUT2D eigenvalue weighted by molar-refractivity contribution is 5.85. The van der Waals surface area contributed by atoms with Crippen LogP contribution in [-0.2, 0) is 9.59 Å². The molecule has 2 unspecified atom stereocenters. The lowest BCUT2D eigenvalue weighted by molar-refractivity contribution is -0.131. The molecule has 0 bridgehead atoms. The van der Waals surface area contributed by atoms with Gasteiger partial charge < -0.3 is 20.6 Å². The Hall–Kier alpha value is -2.25. The summed E-state index contributed by atoms with van der Waals surface area (Å²) in [5, 5.41) is 30.5. The van der Waals surface area contributed by atoms with Gasteiger partial charge in [0.2, 0.25) is 5.91 Å². The molecule has 1 rings (SSSR count). The summed E-state index contributed by atoms with van der Waals surface area (Å²) < 4.78 is 13.5. The topological polar surface area (TPSA) is 107 Å². The fraction of sp³-hybridized carbons (Fsp3) is 0.286. The van der Waals surface area contributed by atoms with Gasteiger partial charge in [-0.3, -0.25) is 4.79 Å². The molecule has 2 atom stereocenters. The predicted molar refractivity (Wildman–Crippen MR) is 72.7 cm³/mol. The summed E-state index contributed by atoms with van der Waals surface area (Å²) in [6.45, 7) is 1.11. The van der Waals surface area contributed by atoms with Crippen LogP contribution < -0.4 is 5.32 Å². The number of amides is 1. The third-order valence-corrected chi connectivity index (χ3v) is 2.69. The van der Waals surface area contributed by atoms with Crippen LogP contribution in [0.15, 0.2) is 24.3 Å². The number of carbonyl (C=O) groups is 2. The van der Waals surface area contributed by atoms with Gasteiger partial charge in [-0.1, -0.05) is 6.07 Å². The van der Waals surface area contributed by atoms with Crippen molar-refractivity contribution in [3.63, 3.8) is 0 Å². The number of hydrogen-bond acceptors (Lipinski definition) is 4. The van der Waals surface area contributed by atoms with Gasteiger partial charge in [-0.2, -0.15) is 0 Å². The van der Waals surface area contributed by atoms with Crippen LogP contribution in [-0.4, -0.2) is 39.8 Å². The van der Waals surface area contributed by atoms with E-state index in [1.165, 1.54) is 19.1 Å². The van der Waals surface area contributed by atoms with Crippen molar-refractivity contribution in [3.05, 3.63) is 41.2 Å². The van der Waals surface area contributed by atoms with Gasteiger partial charge in [0, 0.05) is 25.1 Å². The van der Waals surface area contributed by atoms with E-state index in [2.05, 4.69) is 5.32 Å². The number of benzene rings is 1. The third-order valence-electron chi connectivity index (χ3n) is 2.69. The van der Waals surface area contributed by atoms with Crippen molar-refractivity contribution in [2.75, 3.05) is 6.54 Å². The van der Waals surface area contributed by atoms with Crippen molar-refractivity contribution >= 4 is 18.0 Å². The molecule has 0 aliphatic rings. The molecule has 0 fully saturated rings. The van der Waals surface area contributed by atoms with Crippen molar-refractivity contribution in [1.82, 2.24) is 5.32 Å². The Morgan fingerprint density at radius 2 is 2.05 bits per heavy atom. The molecule has 0 saturated carbocycles. The number of carboxylic acid groups (broad SMARTS) is 1. The molecule has 0 aliphatic heterocycles. The summed E-state index contributed by atoms with van der Waals surface area (Å²) in [4.78, 5) is 21.2. The maximum absolute atomic E-state index is 13.5. The number of hydrogen-bond donors (Lipinski definition) is 4. The molecule has 7 heteroatoms. The van der Waals surface area contributed by atoms with Crippen molar-refractivity contribution < 1.29 is 29.3 Å². The Morgan fingerprint density at radius 3 is 2.62 bits per heavy atom. The minimum atomic E-state index is -1.34. The number of rotatable bonds is 6. The number of aliphatic hydroxyl groups is 2. The second kappa shape index (κ2) is 7.51. The Morgan fingerprint density at radius 1 is 1.38 bits per heavy atom. The zero-order valence-corrected chi connectivity index (χ0v) is 11.3. The maximum Gasteiger partial charge on any atom is 0.328 e. The lowest BCUT2D eigenvalue weighted by Gasteiger charge is -2.18. The van der Waals surface area contributed by atoms with Gasteiger partial charge in [-0.05, 0) is 23.8 Å². The van der Waals surface area contributed by atoms with E-state index in [0.29, 0.717) is 0 Å². The van der Waals surface area contributed by atoms with Crippen LogP contribution in [0, 0.1) is 5.82 Å². The van der Waals surface area contributed by atoms with Gasteiger partial charge in [0.05, 0.1) is 0 Å². The molecule has 1 aromatic rings. The first-order chi connectivity index (χ1) is 9.81. The molecule has 0 radical (unpaired) electrons. The Labute approximate surface area is 120 Å². The van der Waals surface area contributed by atoms with Gasteiger partial charge in [0.1, 0.15) is 18.0 Å². The van der Waals surface area contributed by atoms with Gasteiger partial charge in [0.15, 0.2) is 0 Å². The zero-order chi connectivity index (χ0) is 16.0. The highest BCUT2D eigenvalue weighted by atomic mass is 19.1. The number of carbonyl (C=O) groups excluding carboxylic acids is 1. The van der Waals surface area contributed by atoms with Gasteiger partial charge in [-0.25, -0.2) is 9.18 Å². The van der Waals surface area contributed by atoms with Gasteiger partial charge >= 0.3 is 5.97 Å². The number of halogens is 1. The SMILES string of the molecule is CC(=O)NCC(O)C(O)c1ccc(F)c(/C=C/C(=O)O)c1. The quantitative estimate of drug-likeness (QED) is 0.570. The number of aliphatic hydroxyl groups excluding tert-OH is 2. The van der Waals surface area contributed by atoms with Crippen molar-refractivity contribution in [3.8, 4) is 0 Å². The van der Waals surface area contributed by atoms with E-state index in [1.807, 2.05) is 0 Å². The maximum atomic E-state index is 13.5. The average Bonchev–Trinajstić information content (AvgIpc) is 2.42. The zero-order valence-electron chi connectivity index (χ0n) is 11.3.